The van der Waals surface area contributed by atoms with E-state index in [-0.39, 0.29) is 0 Å². The van der Waals surface area contributed by atoms with Crippen LogP contribution in [0.1, 0.15) is 38.9 Å². The van der Waals surface area contributed by atoms with Crippen LogP contribution >= 0.6 is 0 Å². The van der Waals surface area contributed by atoms with Crippen molar-refractivity contribution in [2.75, 3.05) is 0 Å². The number of hydrogen-bond donors (Lipinski definition) is 3. The molecule has 179 valence electrons. The first-order valence-corrected chi connectivity index (χ1v) is 12.4. The average Bonchev–Trinajstić information content (AvgIpc) is 3.45. The Morgan fingerprint density at radius 3 is 1.42 bits per heavy atom. The lowest BCUT2D eigenvalue weighted by atomic mass is 9.61. The second kappa shape index (κ2) is 10.5. The molecule has 6 N–H and O–H groups in total. The van der Waals surface area contributed by atoms with E-state index in [0.29, 0.717) is 19.6 Å². The van der Waals surface area contributed by atoms with Crippen molar-refractivity contribution in [1.29, 1.82) is 0 Å². The number of rotatable bonds is 8. The van der Waals surface area contributed by atoms with Crippen molar-refractivity contribution in [2.45, 2.75) is 25.0 Å². The normalized spacial score (nSPS) is 13.7. The van der Waals surface area contributed by atoms with Gasteiger partial charge in [0.25, 0.3) is 0 Å². The van der Waals surface area contributed by atoms with E-state index in [1.54, 1.807) is 0 Å². The quantitative estimate of drug-likeness (QED) is 0.292. The fourth-order valence-corrected chi connectivity index (χ4v) is 5.28. The summed E-state index contributed by atoms with van der Waals surface area (Å²) >= 11 is 0. The van der Waals surface area contributed by atoms with Gasteiger partial charge in [-0.25, -0.2) is 0 Å². The van der Waals surface area contributed by atoms with Gasteiger partial charge < -0.3 is 17.2 Å². The van der Waals surface area contributed by atoms with Gasteiger partial charge in [-0.05, 0) is 44.5 Å². The summed E-state index contributed by atoms with van der Waals surface area (Å²) in [6, 6.07) is 36.4. The lowest BCUT2D eigenvalue weighted by molar-refractivity contribution is 0.687. The number of benzene rings is 4. The van der Waals surface area contributed by atoms with E-state index < -0.39 is 5.41 Å². The third kappa shape index (κ3) is 4.33. The summed E-state index contributed by atoms with van der Waals surface area (Å²) in [5, 5.41) is 0. The van der Waals surface area contributed by atoms with Gasteiger partial charge in [-0.1, -0.05) is 121 Å². The number of hydrogen-bond acceptors (Lipinski definition) is 3. The fourth-order valence-electron chi connectivity index (χ4n) is 5.28. The molecule has 0 heterocycles. The van der Waals surface area contributed by atoms with E-state index in [2.05, 4.69) is 115 Å². The van der Waals surface area contributed by atoms with Gasteiger partial charge >= 0.3 is 0 Å². The first kappa shape index (κ1) is 24.0. The zero-order valence-corrected chi connectivity index (χ0v) is 20.4. The standard InChI is InChI=1S/C33H32N3/c34-21-24-7-4-12-29(17-24)33(30-13-5-8-25(18-30)22-35,31-14-6-9-26(19-31)23-36)32-16-15-28(20-32)27-10-2-1-3-11-27/h1-20H,21-23,34-36H2. The van der Waals surface area contributed by atoms with E-state index in [4.69, 9.17) is 17.2 Å². The Morgan fingerprint density at radius 1 is 0.500 bits per heavy atom. The molecule has 1 radical (unpaired) electrons. The second-order valence-electron chi connectivity index (χ2n) is 9.22. The minimum Gasteiger partial charge on any atom is -0.326 e. The van der Waals surface area contributed by atoms with Gasteiger partial charge in [0.1, 0.15) is 0 Å². The molecule has 3 nitrogen and oxygen atoms in total. The van der Waals surface area contributed by atoms with Crippen molar-refractivity contribution < 1.29 is 0 Å². The smallest absolute Gasteiger partial charge is 0.0589 e. The summed E-state index contributed by atoms with van der Waals surface area (Å²) in [6.07, 6.45) is 6.78. The van der Waals surface area contributed by atoms with Crippen LogP contribution in [0, 0.1) is 5.92 Å². The predicted molar refractivity (Wildman–Crippen MR) is 150 cm³/mol. The summed E-state index contributed by atoms with van der Waals surface area (Å²) in [5.41, 5.74) is 26.9. The van der Waals surface area contributed by atoms with Crippen molar-refractivity contribution in [3.8, 4) is 0 Å². The predicted octanol–water partition coefficient (Wildman–Crippen LogP) is 5.62. The van der Waals surface area contributed by atoms with Gasteiger partial charge in [-0.3, -0.25) is 0 Å². The van der Waals surface area contributed by atoms with Gasteiger partial charge in [0.05, 0.1) is 5.41 Å². The molecule has 0 spiro atoms. The largest absolute Gasteiger partial charge is 0.326 e. The zero-order chi connectivity index (χ0) is 25.0. The van der Waals surface area contributed by atoms with E-state index in [1.807, 2.05) is 6.07 Å². The molecule has 0 atom stereocenters. The molecule has 5 rings (SSSR count). The Kier molecular flexibility index (Phi) is 6.97. The van der Waals surface area contributed by atoms with Crippen molar-refractivity contribution >= 4 is 5.57 Å². The van der Waals surface area contributed by atoms with Gasteiger partial charge in [-0.2, -0.15) is 0 Å². The van der Waals surface area contributed by atoms with Crippen LogP contribution < -0.4 is 17.2 Å². The monoisotopic (exact) mass is 470 g/mol. The summed E-state index contributed by atoms with van der Waals surface area (Å²) in [5.74, 6) is 1.19. The third-order valence-electron chi connectivity index (χ3n) is 7.08. The van der Waals surface area contributed by atoms with Gasteiger partial charge in [0.2, 0.25) is 0 Å². The lowest BCUT2D eigenvalue weighted by Gasteiger charge is -2.40. The minimum atomic E-state index is -0.575. The van der Waals surface area contributed by atoms with E-state index in [1.165, 1.54) is 33.7 Å². The highest BCUT2D eigenvalue weighted by molar-refractivity contribution is 5.83. The summed E-state index contributed by atoms with van der Waals surface area (Å²) in [4.78, 5) is 0. The van der Waals surface area contributed by atoms with Crippen molar-refractivity contribution in [2.24, 2.45) is 17.2 Å². The Bertz CT molecular complexity index is 1290. The van der Waals surface area contributed by atoms with E-state index in [9.17, 15) is 0 Å². The van der Waals surface area contributed by atoms with E-state index >= 15 is 0 Å². The summed E-state index contributed by atoms with van der Waals surface area (Å²) < 4.78 is 0. The molecule has 1 aliphatic rings. The van der Waals surface area contributed by atoms with Crippen LogP contribution in [0.5, 0.6) is 0 Å². The van der Waals surface area contributed by atoms with Crippen LogP contribution in [-0.4, -0.2) is 0 Å². The minimum absolute atomic E-state index is 0.478. The fraction of sp³-hybridized carbons (Fsp3) is 0.121. The molecule has 1 aliphatic carbocycles. The Balaban J connectivity index is 1.83. The molecule has 0 saturated heterocycles. The first-order valence-electron chi connectivity index (χ1n) is 12.4. The van der Waals surface area contributed by atoms with Crippen LogP contribution in [0.4, 0.5) is 0 Å². The maximum atomic E-state index is 6.12. The van der Waals surface area contributed by atoms with Gasteiger partial charge in [0, 0.05) is 25.6 Å². The molecule has 0 aliphatic heterocycles. The lowest BCUT2D eigenvalue weighted by Crippen LogP contribution is -2.35. The summed E-state index contributed by atoms with van der Waals surface area (Å²) in [7, 11) is 0. The van der Waals surface area contributed by atoms with Crippen LogP contribution in [-0.2, 0) is 25.0 Å². The Hall–Kier alpha value is -3.76. The highest BCUT2D eigenvalue weighted by Gasteiger charge is 2.44. The van der Waals surface area contributed by atoms with Gasteiger partial charge in [-0.15, -0.1) is 0 Å². The highest BCUT2D eigenvalue weighted by atomic mass is 14.5. The van der Waals surface area contributed by atoms with E-state index in [0.717, 1.165) is 16.7 Å². The Labute approximate surface area is 214 Å². The molecule has 4 aromatic rings. The molecular weight excluding hydrogens is 438 g/mol. The van der Waals surface area contributed by atoms with Gasteiger partial charge in [0.15, 0.2) is 0 Å². The maximum Gasteiger partial charge on any atom is 0.0589 e. The molecule has 0 bridgehead atoms. The molecule has 0 unspecified atom stereocenters. The van der Waals surface area contributed by atoms with Crippen LogP contribution in [0.3, 0.4) is 0 Å². The topological polar surface area (TPSA) is 78.1 Å². The molecular formula is C33H32N3. The maximum absolute atomic E-state index is 6.12. The number of allylic oxidation sites excluding steroid dienone is 4. The van der Waals surface area contributed by atoms with Crippen molar-refractivity contribution in [3.05, 3.63) is 166 Å². The molecule has 0 aromatic heterocycles. The average molecular weight is 471 g/mol. The zero-order valence-electron chi connectivity index (χ0n) is 20.4. The Morgan fingerprint density at radius 2 is 0.972 bits per heavy atom. The molecule has 0 fully saturated rings. The first-order chi connectivity index (χ1) is 17.7. The number of nitrogens with two attached hydrogens (primary N) is 3. The summed E-state index contributed by atoms with van der Waals surface area (Å²) in [6.45, 7) is 1.43. The third-order valence-corrected chi connectivity index (χ3v) is 7.08. The van der Waals surface area contributed by atoms with Crippen LogP contribution in [0.2, 0.25) is 0 Å². The SMILES string of the molecule is NCc1cccc(C([C]2C=CC(c3ccccc3)=C2)(c2cccc(CN)c2)c2cccc(CN)c2)c1. The van der Waals surface area contributed by atoms with Crippen molar-refractivity contribution in [1.82, 2.24) is 0 Å². The van der Waals surface area contributed by atoms with Crippen LogP contribution in [0.15, 0.2) is 121 Å². The van der Waals surface area contributed by atoms with Crippen LogP contribution in [0.25, 0.3) is 5.57 Å². The van der Waals surface area contributed by atoms with Crippen molar-refractivity contribution in [3.63, 3.8) is 0 Å². The second-order valence-corrected chi connectivity index (χ2v) is 9.22. The molecule has 36 heavy (non-hydrogen) atoms. The molecule has 0 saturated carbocycles. The molecule has 4 aromatic carbocycles. The molecule has 0 amide bonds. The highest BCUT2D eigenvalue weighted by Crippen LogP contribution is 2.51. The molecule has 3 heteroatoms.